The number of rotatable bonds is 7. The van der Waals surface area contributed by atoms with Crippen LogP contribution in [0.25, 0.3) is 11.5 Å². The summed E-state index contributed by atoms with van der Waals surface area (Å²) in [7, 11) is 0. The fourth-order valence-electron chi connectivity index (χ4n) is 2.43. The molecule has 0 spiro atoms. The topological polar surface area (TPSA) is 73.9 Å². The van der Waals surface area contributed by atoms with E-state index >= 15 is 0 Å². The van der Waals surface area contributed by atoms with Crippen LogP contribution in [0.3, 0.4) is 0 Å². The van der Waals surface area contributed by atoms with Crippen LogP contribution in [0.1, 0.15) is 41.8 Å². The molecule has 0 fully saturated rings. The summed E-state index contributed by atoms with van der Waals surface area (Å²) < 4.78 is 10.7. The van der Waals surface area contributed by atoms with Gasteiger partial charge in [-0.2, -0.15) is 0 Å². The van der Waals surface area contributed by atoms with E-state index in [2.05, 4.69) is 10.1 Å². The minimum absolute atomic E-state index is 0.0211. The van der Waals surface area contributed by atoms with Gasteiger partial charge >= 0.3 is 5.97 Å². The van der Waals surface area contributed by atoms with Crippen molar-refractivity contribution in [2.24, 2.45) is 5.16 Å². The highest BCUT2D eigenvalue weighted by Crippen LogP contribution is 2.23. The Kier molecular flexibility index (Phi) is 6.45. The molecule has 0 N–H and O–H groups in total. The molecule has 3 rings (SSSR count). The quantitative estimate of drug-likeness (QED) is 0.307. The van der Waals surface area contributed by atoms with Crippen LogP contribution < -0.4 is 0 Å². The maximum Gasteiger partial charge on any atom is 0.376 e. The third-order valence-electron chi connectivity index (χ3n) is 3.87. The fraction of sp³-hybridized carbons (Fsp3) is 0.190. The van der Waals surface area contributed by atoms with E-state index < -0.39 is 5.97 Å². The highest BCUT2D eigenvalue weighted by atomic mass is 35.5. The van der Waals surface area contributed by atoms with Crippen LogP contribution in [0.2, 0.25) is 5.02 Å². The SMILES string of the molecule is CCOC(=O)c1oc(-c2ccccc2)nc1C=NOC(C)c1ccc(Cl)cc1. The van der Waals surface area contributed by atoms with Crippen LogP contribution in [-0.2, 0) is 9.57 Å². The van der Waals surface area contributed by atoms with E-state index in [1.807, 2.05) is 49.4 Å². The molecule has 0 aliphatic carbocycles. The number of carbonyl (C=O) groups excluding carboxylic acids is 1. The summed E-state index contributed by atoms with van der Waals surface area (Å²) in [5, 5.41) is 4.61. The van der Waals surface area contributed by atoms with E-state index in [1.165, 1.54) is 6.21 Å². The molecule has 6 nitrogen and oxygen atoms in total. The Labute approximate surface area is 167 Å². The maximum atomic E-state index is 12.2. The molecule has 28 heavy (non-hydrogen) atoms. The summed E-state index contributed by atoms with van der Waals surface area (Å²) in [6.07, 6.45) is 1.04. The lowest BCUT2D eigenvalue weighted by Gasteiger charge is -2.09. The van der Waals surface area contributed by atoms with E-state index in [0.717, 1.165) is 11.1 Å². The Balaban J connectivity index is 1.81. The van der Waals surface area contributed by atoms with Gasteiger partial charge in [-0.25, -0.2) is 9.78 Å². The molecule has 0 aliphatic heterocycles. The van der Waals surface area contributed by atoms with Crippen LogP contribution in [0.5, 0.6) is 0 Å². The van der Waals surface area contributed by atoms with Crippen molar-refractivity contribution in [3.63, 3.8) is 0 Å². The lowest BCUT2D eigenvalue weighted by Crippen LogP contribution is -2.06. The highest BCUT2D eigenvalue weighted by Gasteiger charge is 2.21. The number of nitrogens with zero attached hydrogens (tertiary/aromatic N) is 2. The normalized spacial score (nSPS) is 12.1. The van der Waals surface area contributed by atoms with Gasteiger partial charge in [-0.3, -0.25) is 0 Å². The van der Waals surface area contributed by atoms with Crippen LogP contribution in [0.4, 0.5) is 0 Å². The first-order chi connectivity index (χ1) is 13.6. The molecular weight excluding hydrogens is 380 g/mol. The van der Waals surface area contributed by atoms with Crippen molar-refractivity contribution in [2.45, 2.75) is 20.0 Å². The summed E-state index contributed by atoms with van der Waals surface area (Å²) >= 11 is 5.89. The first-order valence-corrected chi connectivity index (χ1v) is 9.14. The summed E-state index contributed by atoms with van der Waals surface area (Å²) in [6, 6.07) is 16.5. The van der Waals surface area contributed by atoms with Gasteiger partial charge in [0.1, 0.15) is 11.8 Å². The summed E-state index contributed by atoms with van der Waals surface area (Å²) in [5.74, 6) is -0.326. The molecule has 0 radical (unpaired) electrons. The highest BCUT2D eigenvalue weighted by molar-refractivity contribution is 6.30. The van der Waals surface area contributed by atoms with Gasteiger partial charge in [0.25, 0.3) is 0 Å². The standard InChI is InChI=1S/C21H19ClN2O4/c1-3-26-21(25)19-18(24-20(27-19)16-7-5-4-6-8-16)13-23-28-14(2)15-9-11-17(22)12-10-15/h4-14H,3H2,1-2H3. The predicted octanol–water partition coefficient (Wildman–Crippen LogP) is 5.28. The summed E-state index contributed by atoms with van der Waals surface area (Å²) in [5.41, 5.74) is 1.89. The smallest absolute Gasteiger partial charge is 0.376 e. The maximum absolute atomic E-state index is 12.2. The number of carbonyl (C=O) groups is 1. The molecule has 1 heterocycles. The lowest BCUT2D eigenvalue weighted by molar-refractivity contribution is 0.0490. The third kappa shape index (κ3) is 4.78. The third-order valence-corrected chi connectivity index (χ3v) is 4.12. The van der Waals surface area contributed by atoms with Gasteiger partial charge in [0.15, 0.2) is 0 Å². The Morgan fingerprint density at radius 3 is 2.61 bits per heavy atom. The average Bonchev–Trinajstić information content (AvgIpc) is 3.13. The van der Waals surface area contributed by atoms with Crippen LogP contribution in [-0.4, -0.2) is 23.8 Å². The summed E-state index contributed by atoms with van der Waals surface area (Å²) in [4.78, 5) is 22.0. The van der Waals surface area contributed by atoms with Gasteiger partial charge < -0.3 is 14.0 Å². The number of benzene rings is 2. The molecule has 0 aliphatic rings. The van der Waals surface area contributed by atoms with Gasteiger partial charge in [-0.1, -0.05) is 47.1 Å². The number of esters is 1. The van der Waals surface area contributed by atoms with E-state index in [-0.39, 0.29) is 24.2 Å². The molecule has 0 saturated carbocycles. The van der Waals surface area contributed by atoms with Crippen LogP contribution >= 0.6 is 11.6 Å². The monoisotopic (exact) mass is 398 g/mol. The first kappa shape index (κ1) is 19.6. The van der Waals surface area contributed by atoms with Gasteiger partial charge in [0, 0.05) is 10.6 Å². The van der Waals surface area contributed by atoms with Crippen molar-refractivity contribution in [1.82, 2.24) is 4.98 Å². The second-order valence-corrected chi connectivity index (χ2v) is 6.29. The molecule has 7 heteroatoms. The molecule has 1 atom stereocenters. The number of halogens is 1. The summed E-state index contributed by atoms with van der Waals surface area (Å²) in [6.45, 7) is 3.79. The first-order valence-electron chi connectivity index (χ1n) is 8.76. The van der Waals surface area contributed by atoms with Crippen molar-refractivity contribution < 1.29 is 18.8 Å². The molecule has 2 aromatic carbocycles. The molecule has 144 valence electrons. The zero-order valence-corrected chi connectivity index (χ0v) is 16.2. The molecule has 0 saturated heterocycles. The molecule has 0 bridgehead atoms. The predicted molar refractivity (Wildman–Crippen MR) is 106 cm³/mol. The number of hydrogen-bond donors (Lipinski definition) is 0. The molecule has 1 aromatic heterocycles. The van der Waals surface area contributed by atoms with Gasteiger partial charge in [-0.05, 0) is 43.7 Å². The van der Waals surface area contributed by atoms with Crippen molar-refractivity contribution in [3.8, 4) is 11.5 Å². The average molecular weight is 399 g/mol. The minimum atomic E-state index is -0.607. The Morgan fingerprint density at radius 1 is 1.21 bits per heavy atom. The van der Waals surface area contributed by atoms with Crippen molar-refractivity contribution in [3.05, 3.63) is 76.6 Å². The molecular formula is C21H19ClN2O4. The minimum Gasteiger partial charge on any atom is -0.460 e. The van der Waals surface area contributed by atoms with Gasteiger partial charge in [0.2, 0.25) is 11.7 Å². The van der Waals surface area contributed by atoms with E-state index in [0.29, 0.717) is 10.9 Å². The van der Waals surface area contributed by atoms with Gasteiger partial charge in [-0.15, -0.1) is 0 Å². The Hall–Kier alpha value is -3.12. The van der Waals surface area contributed by atoms with Crippen LogP contribution in [0, 0.1) is 0 Å². The number of hydrogen-bond acceptors (Lipinski definition) is 6. The van der Waals surface area contributed by atoms with Crippen molar-refractivity contribution in [2.75, 3.05) is 6.61 Å². The number of aromatic nitrogens is 1. The Morgan fingerprint density at radius 2 is 1.93 bits per heavy atom. The fourth-order valence-corrected chi connectivity index (χ4v) is 2.56. The molecule has 3 aromatic rings. The van der Waals surface area contributed by atoms with E-state index in [9.17, 15) is 4.79 Å². The molecule has 0 amide bonds. The van der Waals surface area contributed by atoms with Gasteiger partial charge in [0.05, 0.1) is 12.8 Å². The van der Waals surface area contributed by atoms with Crippen molar-refractivity contribution in [1.29, 1.82) is 0 Å². The van der Waals surface area contributed by atoms with Crippen LogP contribution in [0.15, 0.2) is 64.2 Å². The second-order valence-electron chi connectivity index (χ2n) is 5.85. The zero-order chi connectivity index (χ0) is 19.9. The number of ether oxygens (including phenoxy) is 1. The van der Waals surface area contributed by atoms with Crippen molar-refractivity contribution >= 4 is 23.8 Å². The molecule has 1 unspecified atom stereocenters. The number of oxazole rings is 1. The van der Waals surface area contributed by atoms with E-state index in [4.69, 9.17) is 25.6 Å². The zero-order valence-electron chi connectivity index (χ0n) is 15.5. The number of oxime groups is 1. The largest absolute Gasteiger partial charge is 0.460 e. The second kappa shape index (κ2) is 9.19. The van der Waals surface area contributed by atoms with E-state index in [1.54, 1.807) is 19.1 Å². The Bertz CT molecular complexity index is 952. The lowest BCUT2D eigenvalue weighted by atomic mass is 10.1.